The lowest BCUT2D eigenvalue weighted by atomic mass is 9.83. The number of nitrogens with one attached hydrogen (secondary N) is 1. The number of nitrogens with zero attached hydrogens (tertiary/aromatic N) is 6. The quantitative estimate of drug-likeness (QED) is 0.0174. The third-order valence-electron chi connectivity index (χ3n) is 19.1. The average Bonchev–Trinajstić information content (AvgIpc) is 0.749. The molecule has 14 N–H and O–H groups in total. The van der Waals surface area contributed by atoms with Gasteiger partial charge in [-0.2, -0.15) is 8.42 Å². The van der Waals surface area contributed by atoms with E-state index in [9.17, 15) is 79.5 Å². The highest BCUT2D eigenvalue weighted by Crippen LogP contribution is 2.42. The topological polar surface area (TPSA) is 639 Å². The number of phenols is 2. The second-order valence-corrected chi connectivity index (χ2v) is 29.0. The van der Waals surface area contributed by atoms with E-state index in [1.165, 1.54) is 184 Å². The van der Waals surface area contributed by atoms with E-state index in [0.29, 0.717) is 11.8 Å². The molecule has 1 unspecified atom stereocenters. The van der Waals surface area contributed by atoms with Crippen LogP contribution in [0.25, 0.3) is 22.3 Å². The molecule has 43 nitrogen and oxygen atoms in total. The van der Waals surface area contributed by atoms with Gasteiger partial charge in [0.05, 0.1) is 65.9 Å². The predicted octanol–water partition coefficient (Wildman–Crippen LogP) is 1.92. The number of hydrogen-bond donors (Lipinski definition) is 14. The largest absolute Gasteiger partial charge is 0.508 e. The number of rotatable bonds is 30. The van der Waals surface area contributed by atoms with Crippen molar-refractivity contribution in [1.82, 2.24) is 35.2 Å². The minimum Gasteiger partial charge on any atom is -0.508 e. The number of hydrogen-bond acceptors (Lipinski definition) is 41. The van der Waals surface area contributed by atoms with Crippen molar-refractivity contribution < 1.29 is 168 Å². The Kier molecular flexibility index (Phi) is 35.7. The number of aromatic hydroxyl groups is 2. The lowest BCUT2D eigenvalue weighted by Gasteiger charge is -2.47. The number of carbonyl (C=O) groups is 6. The van der Waals surface area contributed by atoms with E-state index in [1.54, 1.807) is 12.1 Å². The summed E-state index contributed by atoms with van der Waals surface area (Å²) >= 11 is 0. The summed E-state index contributed by atoms with van der Waals surface area (Å²) < 4.78 is 113. The van der Waals surface area contributed by atoms with Crippen molar-refractivity contribution in [2.45, 2.75) is 124 Å². The average molecular weight is 1820 g/mol. The third kappa shape index (κ3) is 26.9. The molecule has 9 heterocycles. The summed E-state index contributed by atoms with van der Waals surface area (Å²) in [5, 5.41) is 113. The van der Waals surface area contributed by atoms with E-state index in [-0.39, 0.29) is 106 Å². The molecule has 13 rings (SSSR count). The number of likely N-dealkylation sites (N-methyl/N-ethyl adjacent to an activating group) is 1. The molecule has 3 fully saturated rings. The molecule has 2 aliphatic heterocycles. The van der Waals surface area contributed by atoms with Crippen LogP contribution in [-0.2, 0) is 59.5 Å². The second-order valence-electron chi connectivity index (χ2n) is 28.1. The lowest BCUT2D eigenvalue weighted by molar-refractivity contribution is -0.318. The van der Waals surface area contributed by atoms with Crippen LogP contribution in [0.4, 0.5) is 0 Å². The first kappa shape index (κ1) is 97.9. The highest BCUT2D eigenvalue weighted by molar-refractivity contribution is 7.79. The summed E-state index contributed by atoms with van der Waals surface area (Å²) in [6.45, 7) is 1.31. The van der Waals surface area contributed by atoms with Crippen molar-refractivity contribution in [2.24, 2.45) is 0 Å². The van der Waals surface area contributed by atoms with Crippen LogP contribution >= 0.6 is 0 Å². The van der Waals surface area contributed by atoms with Crippen LogP contribution in [0.5, 0.6) is 34.5 Å². The van der Waals surface area contributed by atoms with Crippen LogP contribution in [-0.4, -0.2) is 297 Å². The second kappa shape index (κ2) is 47.0. The molecule has 0 spiro atoms. The first-order chi connectivity index (χ1) is 61.9. The van der Waals surface area contributed by atoms with E-state index in [1.807, 2.05) is 19.2 Å². The minimum absolute atomic E-state index is 0.0164. The van der Waals surface area contributed by atoms with Gasteiger partial charge >= 0.3 is 46.2 Å². The van der Waals surface area contributed by atoms with E-state index in [4.69, 9.17) is 93.7 Å². The van der Waals surface area contributed by atoms with Crippen LogP contribution in [0, 0.1) is 0 Å². The first-order valence-electron chi connectivity index (χ1n) is 39.1. The summed E-state index contributed by atoms with van der Waals surface area (Å²) in [5.41, 5.74) is -0.403. The van der Waals surface area contributed by atoms with E-state index in [2.05, 4.69) is 42.1 Å². The maximum absolute atomic E-state index is 14.3. The van der Waals surface area contributed by atoms with Crippen molar-refractivity contribution >= 4 is 57.2 Å². The molecule has 0 bridgehead atoms. The van der Waals surface area contributed by atoms with Gasteiger partial charge < -0.3 is 127 Å². The molecule has 129 heavy (non-hydrogen) atoms. The fourth-order valence-corrected chi connectivity index (χ4v) is 12.7. The monoisotopic (exact) mass is 1820 g/mol. The molecular weight excluding hydrogens is 1730 g/mol. The van der Waals surface area contributed by atoms with Crippen LogP contribution in [0.15, 0.2) is 211 Å². The van der Waals surface area contributed by atoms with Gasteiger partial charge in [0, 0.05) is 98.1 Å². The number of benzene rings is 3. The normalized spacial score (nSPS) is 22.4. The molecule has 686 valence electrons. The zero-order chi connectivity index (χ0) is 93.0. The van der Waals surface area contributed by atoms with Gasteiger partial charge in [-0.3, -0.25) is 43.8 Å². The smallest absolute Gasteiger partial charge is 0.394 e. The summed E-state index contributed by atoms with van der Waals surface area (Å²) in [6.07, 6.45) is -11.8. The zero-order valence-corrected chi connectivity index (χ0v) is 69.1. The first-order valence-corrected chi connectivity index (χ1v) is 40.5. The summed E-state index contributed by atoms with van der Waals surface area (Å²) in [6, 6.07) is 31.2. The number of esters is 6. The third-order valence-corrected chi connectivity index (χ3v) is 19.1. The maximum atomic E-state index is 14.3. The van der Waals surface area contributed by atoms with Gasteiger partial charge in [0.1, 0.15) is 90.8 Å². The molecule has 2 saturated heterocycles. The molecule has 7 aromatic heterocycles. The minimum atomic E-state index is -4.67. The Balaban J connectivity index is 0.000000228. The fraction of sp³-hybridized carbons (Fsp3) is 0.329. The molecular formula is C85H89N7O36S. The summed E-state index contributed by atoms with van der Waals surface area (Å²) in [5.74, 6) is -7.59. The van der Waals surface area contributed by atoms with E-state index < -0.39 is 174 Å². The van der Waals surface area contributed by atoms with Crippen LogP contribution in [0.2, 0.25) is 0 Å². The Bertz CT molecular complexity index is 5040. The van der Waals surface area contributed by atoms with Gasteiger partial charge in [-0.15, -0.1) is 0 Å². The summed E-state index contributed by atoms with van der Waals surface area (Å²) in [4.78, 5) is 122. The van der Waals surface area contributed by atoms with Gasteiger partial charge in [0.2, 0.25) is 17.5 Å². The van der Waals surface area contributed by atoms with Gasteiger partial charge in [-0.1, -0.05) is 12.1 Å². The highest BCUT2D eigenvalue weighted by atomic mass is 32.3. The molecule has 0 amide bonds. The van der Waals surface area contributed by atoms with Crippen molar-refractivity contribution in [2.75, 3.05) is 53.3 Å². The Morgan fingerprint density at radius 1 is 0.473 bits per heavy atom. The van der Waals surface area contributed by atoms with Crippen LogP contribution < -0.4 is 29.7 Å². The Labute approximate surface area is 732 Å². The SMILES string of the molecule is CNC(C)Cc1ccc(O)cc1.C[C@@H]1O[C@@H](OC[C@H]2O[C@@H](Oc3c(-c4ccc(OCCO)c(O)c4)oc4cc(OCCO)cc(OCCO)c4c3=O)[C@H](O)[C@@H](O)[C@@H]2O)[C@H](O)[C@H](O)[C@H]1O.O=C(OC1C(OC(=O)c2cccnc2)C(OC(=O)c2cccnc2)C(OC(=O)c2cccnc2)C(OC(=O)c2cccnc2)C1OC(=O)c1cccnc1)c1cccnc1.O=S(=O)(O)O. The summed E-state index contributed by atoms with van der Waals surface area (Å²) in [7, 11) is -2.72. The number of aliphatic hydroxyl groups excluding tert-OH is 9. The number of pyridine rings is 6. The Morgan fingerprint density at radius 2 is 0.853 bits per heavy atom. The molecule has 3 aromatic carbocycles. The predicted molar refractivity (Wildman–Crippen MR) is 438 cm³/mol. The Morgan fingerprint density at radius 3 is 1.22 bits per heavy atom. The molecule has 44 heteroatoms. The highest BCUT2D eigenvalue weighted by Gasteiger charge is 2.62. The number of fused-ring (bicyclic) bond motifs is 1. The number of aliphatic hydroxyl groups is 9. The number of ether oxygens (including phenoxy) is 13. The lowest BCUT2D eigenvalue weighted by Crippen LogP contribution is -2.69. The van der Waals surface area contributed by atoms with Gasteiger partial charge in [-0.25, -0.2) is 28.8 Å². The van der Waals surface area contributed by atoms with E-state index >= 15 is 0 Å². The molecule has 3 aliphatic rings. The van der Waals surface area contributed by atoms with Crippen molar-refractivity contribution in [3.05, 3.63) is 251 Å². The standard InChI is InChI=1S/C42H30N6O12.C33H42O19.C10H15NO.H2O4S/c49-37(25-7-1-13-43-19-25)55-31-32(56-38(50)26-8-2-14-44-20-26)34(58-40(52)28-10-4-16-46-22-28)36(60-42(54)30-12-6-18-48-24-30)35(59-41(53)29-11-5-17-47-23-29)33(31)57-39(51)27-9-3-15-45-21-27;1-14-23(38)26(41)28(43)32(49-14)48-13-21-24(39)27(42)29(44)33(51-21)52-31-25(40)22-19(47-9-6-36)11-16(45-7-4-34)12-20(22)50-30(31)15-2-3-18(17(37)10-15)46-8-5-35;1-8(11-2)7-9-3-5-10(12)6-4-9;1-5(2,3)4/h1-24,31-36H;2-3,10-12,14,21,23-24,26-29,32-39,41-44H,4-9,13H2,1H3;3-6,8,11-12H,7H2,1-2H3;(H2,1,2,3,4)/t;14-,21+,23-,24+,26+,27-,28+,29+,32+,33-;;/m.0../s1. The van der Waals surface area contributed by atoms with Crippen LogP contribution in [0.1, 0.15) is 81.6 Å². The van der Waals surface area contributed by atoms with Gasteiger partial charge in [0.25, 0.3) is 0 Å². The van der Waals surface area contributed by atoms with Crippen molar-refractivity contribution in [1.29, 1.82) is 0 Å². The number of carbonyl (C=O) groups excluding carboxylic acids is 6. The van der Waals surface area contributed by atoms with Crippen molar-refractivity contribution in [3.63, 3.8) is 0 Å². The fourth-order valence-electron chi connectivity index (χ4n) is 12.7. The molecule has 0 radical (unpaired) electrons. The van der Waals surface area contributed by atoms with E-state index in [0.717, 1.165) is 12.5 Å². The molecule has 1 saturated carbocycles. The van der Waals surface area contributed by atoms with Gasteiger partial charge in [0.15, 0.2) is 60.2 Å². The van der Waals surface area contributed by atoms with Crippen LogP contribution in [0.3, 0.4) is 0 Å². The zero-order valence-electron chi connectivity index (χ0n) is 68.3. The maximum Gasteiger partial charge on any atom is 0.394 e. The number of phenolic OH excluding ortho intramolecular Hbond substituents is 2. The molecule has 11 atom stereocenters. The van der Waals surface area contributed by atoms with Gasteiger partial charge in [-0.05, 0) is 136 Å². The molecule has 10 aromatic rings. The Hall–Kier alpha value is -13.3. The van der Waals surface area contributed by atoms with Crippen molar-refractivity contribution in [3.8, 4) is 45.8 Å². The molecule has 1 aliphatic carbocycles. The number of aromatic nitrogens is 6.